The Balaban J connectivity index is 2.05. The lowest BCUT2D eigenvalue weighted by Gasteiger charge is -2.52. The Morgan fingerprint density at radius 3 is 2.79 bits per heavy atom. The minimum atomic E-state index is 0.699. The summed E-state index contributed by atoms with van der Waals surface area (Å²) < 4.78 is 0. The van der Waals surface area contributed by atoms with Crippen LogP contribution in [0.15, 0.2) is 12.2 Å². The third kappa shape index (κ3) is 0.973. The van der Waals surface area contributed by atoms with E-state index in [1.165, 1.54) is 44.3 Å². The summed E-state index contributed by atoms with van der Waals surface area (Å²) in [5.41, 5.74) is 1.41. The lowest BCUT2D eigenvalue weighted by atomic mass is 9.51. The Morgan fingerprint density at radius 2 is 1.93 bits per heavy atom. The standard InChI is InChI=1S/C13H20S/c1-11-13-8-4-2-6-12(13,10-14-11)7-3-5-9-13/h2,4,11H,3,5-10H2,1H3/t11-,12+,13+/m0/s1. The van der Waals surface area contributed by atoms with Crippen molar-refractivity contribution in [2.24, 2.45) is 10.8 Å². The van der Waals surface area contributed by atoms with Crippen LogP contribution in [-0.4, -0.2) is 11.0 Å². The second-order valence-electron chi connectivity index (χ2n) is 5.48. The minimum Gasteiger partial charge on any atom is -0.158 e. The molecule has 3 atom stereocenters. The second kappa shape index (κ2) is 3.04. The molecule has 0 N–H and O–H groups in total. The maximum absolute atomic E-state index is 2.48. The first kappa shape index (κ1) is 9.33. The smallest absolute Gasteiger partial charge is 0.00840 e. The first-order valence-electron chi connectivity index (χ1n) is 6.06. The Kier molecular flexibility index (Phi) is 2.02. The van der Waals surface area contributed by atoms with Crippen LogP contribution in [-0.2, 0) is 0 Å². The fourth-order valence-electron chi connectivity index (χ4n) is 4.16. The molecule has 0 aromatic rings. The van der Waals surface area contributed by atoms with E-state index in [0.717, 1.165) is 5.25 Å². The predicted molar refractivity (Wildman–Crippen MR) is 63.6 cm³/mol. The lowest BCUT2D eigenvalue weighted by Crippen LogP contribution is -2.47. The van der Waals surface area contributed by atoms with Crippen molar-refractivity contribution in [3.63, 3.8) is 0 Å². The highest BCUT2D eigenvalue weighted by Gasteiger charge is 2.59. The Morgan fingerprint density at radius 1 is 1.14 bits per heavy atom. The molecule has 2 fully saturated rings. The summed E-state index contributed by atoms with van der Waals surface area (Å²) in [5, 5.41) is 0.910. The molecule has 1 heteroatoms. The molecule has 0 spiro atoms. The fourth-order valence-corrected chi connectivity index (χ4v) is 6.07. The van der Waals surface area contributed by atoms with Crippen molar-refractivity contribution in [2.45, 2.75) is 50.7 Å². The summed E-state index contributed by atoms with van der Waals surface area (Å²) in [5.74, 6) is 1.44. The molecule has 3 rings (SSSR count). The van der Waals surface area contributed by atoms with Crippen LogP contribution in [0.2, 0.25) is 0 Å². The van der Waals surface area contributed by atoms with Crippen molar-refractivity contribution in [1.82, 2.24) is 0 Å². The maximum Gasteiger partial charge on any atom is 0.00840 e. The zero-order valence-corrected chi connectivity index (χ0v) is 9.91. The normalized spacial score (nSPS) is 51.4. The highest BCUT2D eigenvalue weighted by Crippen LogP contribution is 2.67. The van der Waals surface area contributed by atoms with Gasteiger partial charge in [-0.25, -0.2) is 0 Å². The van der Waals surface area contributed by atoms with Crippen molar-refractivity contribution in [1.29, 1.82) is 0 Å². The van der Waals surface area contributed by atoms with Crippen LogP contribution in [0.4, 0.5) is 0 Å². The molecule has 2 aliphatic carbocycles. The summed E-state index contributed by atoms with van der Waals surface area (Å²) in [6.07, 6.45) is 13.7. The molecule has 1 saturated heterocycles. The van der Waals surface area contributed by atoms with E-state index in [2.05, 4.69) is 30.8 Å². The van der Waals surface area contributed by atoms with Gasteiger partial charge < -0.3 is 0 Å². The van der Waals surface area contributed by atoms with Gasteiger partial charge in [0.15, 0.2) is 0 Å². The van der Waals surface area contributed by atoms with Gasteiger partial charge >= 0.3 is 0 Å². The van der Waals surface area contributed by atoms with Gasteiger partial charge in [0, 0.05) is 11.0 Å². The molecule has 0 nitrogen and oxygen atoms in total. The molecule has 78 valence electrons. The lowest BCUT2D eigenvalue weighted by molar-refractivity contribution is 0.0155. The van der Waals surface area contributed by atoms with Crippen LogP contribution in [0.5, 0.6) is 0 Å². The Bertz CT molecular complexity index is 266. The van der Waals surface area contributed by atoms with E-state index in [1.54, 1.807) is 0 Å². The largest absolute Gasteiger partial charge is 0.158 e. The van der Waals surface area contributed by atoms with Gasteiger partial charge in [0.25, 0.3) is 0 Å². The maximum atomic E-state index is 2.48. The van der Waals surface area contributed by atoms with Crippen LogP contribution >= 0.6 is 11.8 Å². The van der Waals surface area contributed by atoms with E-state index in [4.69, 9.17) is 0 Å². The summed E-state index contributed by atoms with van der Waals surface area (Å²) >= 11 is 2.25. The molecular formula is C13H20S. The third-order valence-corrected chi connectivity index (χ3v) is 6.80. The van der Waals surface area contributed by atoms with Gasteiger partial charge in [-0.05, 0) is 36.5 Å². The van der Waals surface area contributed by atoms with Gasteiger partial charge in [-0.1, -0.05) is 31.9 Å². The van der Waals surface area contributed by atoms with Crippen molar-refractivity contribution >= 4 is 11.8 Å². The Labute approximate surface area is 91.5 Å². The molecule has 0 bridgehead atoms. The summed E-state index contributed by atoms with van der Waals surface area (Å²) in [4.78, 5) is 0. The zero-order valence-electron chi connectivity index (χ0n) is 9.09. The van der Waals surface area contributed by atoms with Crippen LogP contribution in [0.25, 0.3) is 0 Å². The Hall–Kier alpha value is 0.0900. The van der Waals surface area contributed by atoms with Gasteiger partial charge in [0.1, 0.15) is 0 Å². The average Bonchev–Trinajstić information content (AvgIpc) is 2.54. The molecule has 0 aromatic carbocycles. The number of rotatable bonds is 0. The van der Waals surface area contributed by atoms with Gasteiger partial charge in [0.05, 0.1) is 0 Å². The molecule has 14 heavy (non-hydrogen) atoms. The number of hydrogen-bond acceptors (Lipinski definition) is 1. The molecule has 1 heterocycles. The van der Waals surface area contributed by atoms with Gasteiger partial charge in [0.2, 0.25) is 0 Å². The number of allylic oxidation sites excluding steroid dienone is 2. The molecule has 0 aromatic heterocycles. The zero-order chi connectivity index (χ0) is 9.65. The van der Waals surface area contributed by atoms with E-state index >= 15 is 0 Å². The van der Waals surface area contributed by atoms with Crippen molar-refractivity contribution in [3.05, 3.63) is 12.2 Å². The van der Waals surface area contributed by atoms with Gasteiger partial charge in [-0.3, -0.25) is 0 Å². The first-order chi connectivity index (χ1) is 6.79. The van der Waals surface area contributed by atoms with Crippen molar-refractivity contribution in [3.8, 4) is 0 Å². The van der Waals surface area contributed by atoms with E-state index in [0.29, 0.717) is 10.8 Å². The number of hydrogen-bond donors (Lipinski definition) is 0. The molecule has 3 aliphatic rings. The molecule has 1 saturated carbocycles. The average molecular weight is 208 g/mol. The van der Waals surface area contributed by atoms with Crippen LogP contribution in [0.3, 0.4) is 0 Å². The van der Waals surface area contributed by atoms with Crippen LogP contribution < -0.4 is 0 Å². The number of thioether (sulfide) groups is 1. The van der Waals surface area contributed by atoms with E-state index in [9.17, 15) is 0 Å². The molecule has 0 amide bonds. The van der Waals surface area contributed by atoms with Crippen molar-refractivity contribution in [2.75, 3.05) is 5.75 Å². The fraction of sp³-hybridized carbons (Fsp3) is 0.846. The molecule has 0 unspecified atom stereocenters. The summed E-state index contributed by atoms with van der Waals surface area (Å²) in [6.45, 7) is 2.48. The van der Waals surface area contributed by atoms with E-state index in [-0.39, 0.29) is 0 Å². The summed E-state index contributed by atoms with van der Waals surface area (Å²) in [6, 6.07) is 0. The first-order valence-corrected chi connectivity index (χ1v) is 7.11. The van der Waals surface area contributed by atoms with Crippen LogP contribution in [0, 0.1) is 10.8 Å². The minimum absolute atomic E-state index is 0.699. The van der Waals surface area contributed by atoms with E-state index < -0.39 is 0 Å². The van der Waals surface area contributed by atoms with Gasteiger partial charge in [-0.15, -0.1) is 0 Å². The highest BCUT2D eigenvalue weighted by molar-refractivity contribution is 8.00. The van der Waals surface area contributed by atoms with Gasteiger partial charge in [-0.2, -0.15) is 11.8 Å². The molecular weight excluding hydrogens is 188 g/mol. The SMILES string of the molecule is C[C@@H]1SC[C@]23CC=CC[C@@]12CCCC3. The monoisotopic (exact) mass is 208 g/mol. The predicted octanol–water partition coefficient (Wildman–Crippen LogP) is 4.02. The van der Waals surface area contributed by atoms with Crippen LogP contribution in [0.1, 0.15) is 45.4 Å². The van der Waals surface area contributed by atoms with E-state index in [1.807, 2.05) is 0 Å². The molecule has 1 aliphatic heterocycles. The third-order valence-electron chi connectivity index (χ3n) is 5.13. The highest BCUT2D eigenvalue weighted by atomic mass is 32.2. The second-order valence-corrected chi connectivity index (χ2v) is 6.81. The quantitative estimate of drug-likeness (QED) is 0.542. The molecule has 0 radical (unpaired) electrons. The summed E-state index contributed by atoms with van der Waals surface area (Å²) in [7, 11) is 0. The van der Waals surface area contributed by atoms with Crippen molar-refractivity contribution < 1.29 is 0 Å². The topological polar surface area (TPSA) is 0 Å².